The standard InChI is InChI=1S/C20H17ClN2O3S/c1-12-5-7-14(15(21)10-12)19(24)22-13-6-8-16(17(11-13)26-2)23-20(25)18-4-3-9-27-18/h3-11H,1-2H3,(H,22,24)(H,23,25). The first-order valence-electron chi connectivity index (χ1n) is 8.08. The van der Waals surface area contributed by atoms with E-state index in [0.29, 0.717) is 32.6 Å². The second-order valence-electron chi connectivity index (χ2n) is 5.78. The van der Waals surface area contributed by atoms with Gasteiger partial charge in [0.05, 0.1) is 28.3 Å². The number of thiophene rings is 1. The van der Waals surface area contributed by atoms with E-state index in [1.165, 1.54) is 18.4 Å². The number of anilines is 2. The molecule has 0 fully saturated rings. The van der Waals surface area contributed by atoms with Gasteiger partial charge in [0, 0.05) is 11.8 Å². The molecule has 5 nitrogen and oxygen atoms in total. The van der Waals surface area contributed by atoms with E-state index in [1.807, 2.05) is 24.4 Å². The van der Waals surface area contributed by atoms with E-state index < -0.39 is 0 Å². The fraction of sp³-hybridized carbons (Fsp3) is 0.100. The second kappa shape index (κ2) is 8.24. The van der Waals surface area contributed by atoms with Gasteiger partial charge in [0.1, 0.15) is 5.75 Å². The van der Waals surface area contributed by atoms with Crippen LogP contribution in [-0.4, -0.2) is 18.9 Å². The molecule has 27 heavy (non-hydrogen) atoms. The van der Waals surface area contributed by atoms with Crippen molar-refractivity contribution in [1.82, 2.24) is 0 Å². The van der Waals surface area contributed by atoms with Gasteiger partial charge in [-0.05, 0) is 48.2 Å². The minimum atomic E-state index is -0.322. The Bertz CT molecular complexity index is 987. The molecule has 2 aromatic carbocycles. The van der Waals surface area contributed by atoms with Crippen LogP contribution in [0.4, 0.5) is 11.4 Å². The minimum Gasteiger partial charge on any atom is -0.494 e. The summed E-state index contributed by atoms with van der Waals surface area (Å²) < 4.78 is 5.34. The van der Waals surface area contributed by atoms with E-state index in [-0.39, 0.29) is 11.8 Å². The van der Waals surface area contributed by atoms with Gasteiger partial charge in [0.2, 0.25) is 0 Å². The maximum Gasteiger partial charge on any atom is 0.265 e. The molecule has 0 aliphatic heterocycles. The van der Waals surface area contributed by atoms with Gasteiger partial charge in [-0.15, -0.1) is 11.3 Å². The number of hydrogen-bond acceptors (Lipinski definition) is 4. The summed E-state index contributed by atoms with van der Waals surface area (Å²) in [5.41, 5.74) is 2.41. The molecule has 0 saturated heterocycles. The van der Waals surface area contributed by atoms with E-state index in [4.69, 9.17) is 16.3 Å². The molecule has 138 valence electrons. The van der Waals surface area contributed by atoms with Gasteiger partial charge in [-0.2, -0.15) is 0 Å². The third kappa shape index (κ3) is 4.48. The summed E-state index contributed by atoms with van der Waals surface area (Å²) in [7, 11) is 1.50. The largest absolute Gasteiger partial charge is 0.494 e. The van der Waals surface area contributed by atoms with E-state index in [1.54, 1.807) is 36.4 Å². The molecule has 0 unspecified atom stereocenters. The first-order chi connectivity index (χ1) is 13.0. The highest BCUT2D eigenvalue weighted by Gasteiger charge is 2.14. The fourth-order valence-electron chi connectivity index (χ4n) is 2.47. The number of amides is 2. The van der Waals surface area contributed by atoms with Crippen LogP contribution >= 0.6 is 22.9 Å². The third-order valence-electron chi connectivity index (χ3n) is 3.82. The molecular weight excluding hydrogens is 384 g/mol. The smallest absolute Gasteiger partial charge is 0.265 e. The summed E-state index contributed by atoms with van der Waals surface area (Å²) in [4.78, 5) is 25.3. The highest BCUT2D eigenvalue weighted by Crippen LogP contribution is 2.29. The van der Waals surface area contributed by atoms with Crippen LogP contribution in [0.5, 0.6) is 5.75 Å². The zero-order valence-electron chi connectivity index (χ0n) is 14.7. The zero-order valence-corrected chi connectivity index (χ0v) is 16.3. The molecule has 0 saturated carbocycles. The quantitative estimate of drug-likeness (QED) is 0.616. The van der Waals surface area contributed by atoms with Crippen LogP contribution in [0.15, 0.2) is 53.9 Å². The van der Waals surface area contributed by atoms with Crippen LogP contribution in [0, 0.1) is 6.92 Å². The lowest BCUT2D eigenvalue weighted by Gasteiger charge is -2.13. The molecule has 2 amide bonds. The molecule has 1 heterocycles. The summed E-state index contributed by atoms with van der Waals surface area (Å²) >= 11 is 7.50. The van der Waals surface area contributed by atoms with Crippen LogP contribution in [0.3, 0.4) is 0 Å². The molecule has 0 atom stereocenters. The Labute approximate surface area is 165 Å². The van der Waals surface area contributed by atoms with E-state index in [0.717, 1.165) is 5.56 Å². The van der Waals surface area contributed by atoms with Gasteiger partial charge in [0.25, 0.3) is 11.8 Å². The third-order valence-corrected chi connectivity index (χ3v) is 5.00. The minimum absolute atomic E-state index is 0.216. The lowest BCUT2D eigenvalue weighted by atomic mass is 10.1. The molecule has 3 rings (SSSR count). The van der Waals surface area contributed by atoms with Gasteiger partial charge in [0.15, 0.2) is 0 Å². The van der Waals surface area contributed by atoms with Crippen molar-refractivity contribution in [3.8, 4) is 5.75 Å². The number of carbonyl (C=O) groups is 2. The molecule has 0 aliphatic rings. The average Bonchev–Trinajstić information content (AvgIpc) is 3.17. The van der Waals surface area contributed by atoms with E-state index in [9.17, 15) is 9.59 Å². The van der Waals surface area contributed by atoms with Crippen molar-refractivity contribution >= 4 is 46.1 Å². The SMILES string of the molecule is COc1cc(NC(=O)c2ccc(C)cc2Cl)ccc1NC(=O)c1cccs1. The van der Waals surface area contributed by atoms with Gasteiger partial charge >= 0.3 is 0 Å². The van der Waals surface area contributed by atoms with Gasteiger partial charge in [-0.3, -0.25) is 9.59 Å². The number of ether oxygens (including phenoxy) is 1. The van der Waals surface area contributed by atoms with Crippen LogP contribution in [0.1, 0.15) is 25.6 Å². The second-order valence-corrected chi connectivity index (χ2v) is 7.14. The molecule has 0 bridgehead atoms. The number of methoxy groups -OCH3 is 1. The molecule has 0 radical (unpaired) electrons. The fourth-order valence-corrected chi connectivity index (χ4v) is 3.41. The maximum atomic E-state index is 12.5. The van der Waals surface area contributed by atoms with Crippen molar-refractivity contribution in [2.24, 2.45) is 0 Å². The summed E-state index contributed by atoms with van der Waals surface area (Å²) in [5.74, 6) is -0.100. The Morgan fingerprint density at radius 2 is 1.85 bits per heavy atom. The molecule has 3 aromatic rings. The molecule has 7 heteroatoms. The highest BCUT2D eigenvalue weighted by atomic mass is 35.5. The van der Waals surface area contributed by atoms with E-state index >= 15 is 0 Å². The van der Waals surface area contributed by atoms with Crippen molar-refractivity contribution in [3.05, 3.63) is 74.9 Å². The number of benzene rings is 2. The Hall–Kier alpha value is -2.83. The highest BCUT2D eigenvalue weighted by molar-refractivity contribution is 7.12. The van der Waals surface area contributed by atoms with Crippen LogP contribution < -0.4 is 15.4 Å². The summed E-state index contributed by atoms with van der Waals surface area (Å²) in [6, 6.07) is 13.8. The number of rotatable bonds is 5. The number of halogens is 1. The van der Waals surface area contributed by atoms with Gasteiger partial charge in [-0.1, -0.05) is 23.7 Å². The summed E-state index contributed by atoms with van der Waals surface area (Å²) in [5, 5.41) is 7.81. The lowest BCUT2D eigenvalue weighted by molar-refractivity contribution is 0.102. The molecule has 1 aromatic heterocycles. The monoisotopic (exact) mass is 400 g/mol. The molecule has 0 aliphatic carbocycles. The maximum absolute atomic E-state index is 12.5. The van der Waals surface area contributed by atoms with Crippen LogP contribution in [-0.2, 0) is 0 Å². The van der Waals surface area contributed by atoms with Crippen molar-refractivity contribution in [3.63, 3.8) is 0 Å². The first kappa shape index (κ1) is 18.9. The van der Waals surface area contributed by atoms with Crippen LogP contribution in [0.2, 0.25) is 5.02 Å². The number of hydrogen-bond donors (Lipinski definition) is 2. The normalized spacial score (nSPS) is 10.3. The Kier molecular flexibility index (Phi) is 5.78. The molecule has 0 spiro atoms. The molecule has 2 N–H and O–H groups in total. The predicted molar refractivity (Wildman–Crippen MR) is 109 cm³/mol. The Balaban J connectivity index is 1.77. The molecular formula is C20H17ClN2O3S. The van der Waals surface area contributed by atoms with Crippen molar-refractivity contribution in [2.75, 3.05) is 17.7 Å². The van der Waals surface area contributed by atoms with E-state index in [2.05, 4.69) is 10.6 Å². The summed E-state index contributed by atoms with van der Waals surface area (Å²) in [6.45, 7) is 1.90. The lowest BCUT2D eigenvalue weighted by Crippen LogP contribution is -2.14. The number of carbonyl (C=O) groups excluding carboxylic acids is 2. The average molecular weight is 401 g/mol. The Morgan fingerprint density at radius 1 is 1.04 bits per heavy atom. The van der Waals surface area contributed by atoms with Crippen LogP contribution in [0.25, 0.3) is 0 Å². The topological polar surface area (TPSA) is 67.4 Å². The Morgan fingerprint density at radius 3 is 2.52 bits per heavy atom. The predicted octanol–water partition coefficient (Wildman–Crippen LogP) is 5.22. The number of nitrogens with one attached hydrogen (secondary N) is 2. The first-order valence-corrected chi connectivity index (χ1v) is 9.34. The zero-order chi connectivity index (χ0) is 19.4. The van der Waals surface area contributed by atoms with Crippen molar-refractivity contribution in [2.45, 2.75) is 6.92 Å². The summed E-state index contributed by atoms with van der Waals surface area (Å²) in [6.07, 6.45) is 0. The van der Waals surface area contributed by atoms with Gasteiger partial charge < -0.3 is 15.4 Å². The van der Waals surface area contributed by atoms with Crippen molar-refractivity contribution < 1.29 is 14.3 Å². The number of aryl methyl sites for hydroxylation is 1. The van der Waals surface area contributed by atoms with Gasteiger partial charge in [-0.25, -0.2) is 0 Å². The van der Waals surface area contributed by atoms with Crippen molar-refractivity contribution in [1.29, 1.82) is 0 Å².